The van der Waals surface area contributed by atoms with Crippen molar-refractivity contribution in [2.24, 2.45) is 5.92 Å². The molecule has 0 aliphatic rings. The van der Waals surface area contributed by atoms with Crippen LogP contribution in [0, 0.1) is 5.92 Å². The molecular formula is C18H18O2. The fraction of sp³-hybridized carbons (Fsp3) is 0.167. The minimum Gasteiger partial charge on any atom is -0.423 e. The summed E-state index contributed by atoms with van der Waals surface area (Å²) in [5.74, 6) is 0.374. The van der Waals surface area contributed by atoms with E-state index in [0.717, 1.165) is 5.56 Å². The summed E-state index contributed by atoms with van der Waals surface area (Å²) in [6.07, 6.45) is 1.88. The maximum absolute atomic E-state index is 12.3. The molecule has 2 nitrogen and oxygen atoms in total. The lowest BCUT2D eigenvalue weighted by Crippen LogP contribution is -2.15. The summed E-state index contributed by atoms with van der Waals surface area (Å²) in [6.45, 7) is 3.97. The molecule has 0 fully saturated rings. The van der Waals surface area contributed by atoms with Crippen molar-refractivity contribution in [2.75, 3.05) is 0 Å². The van der Waals surface area contributed by atoms with Crippen LogP contribution < -0.4 is 4.74 Å². The molecule has 0 atom stereocenters. The molecule has 0 heterocycles. The Balaban J connectivity index is 2.21. The van der Waals surface area contributed by atoms with Gasteiger partial charge < -0.3 is 4.74 Å². The van der Waals surface area contributed by atoms with Gasteiger partial charge in [0.2, 0.25) is 0 Å². The summed E-state index contributed by atoms with van der Waals surface area (Å²) in [5, 5.41) is 0. The van der Waals surface area contributed by atoms with E-state index in [9.17, 15) is 4.79 Å². The molecule has 2 heteroatoms. The molecule has 0 bridgehead atoms. The van der Waals surface area contributed by atoms with Crippen molar-refractivity contribution in [3.63, 3.8) is 0 Å². The first-order chi connectivity index (χ1) is 9.66. The van der Waals surface area contributed by atoms with Crippen molar-refractivity contribution in [3.05, 3.63) is 71.8 Å². The molecule has 0 N–H and O–H groups in total. The van der Waals surface area contributed by atoms with E-state index >= 15 is 0 Å². The number of para-hydroxylation sites is 1. The van der Waals surface area contributed by atoms with Crippen molar-refractivity contribution >= 4 is 12.0 Å². The van der Waals surface area contributed by atoms with Gasteiger partial charge in [-0.2, -0.15) is 0 Å². The van der Waals surface area contributed by atoms with Gasteiger partial charge in [-0.1, -0.05) is 62.4 Å². The van der Waals surface area contributed by atoms with E-state index in [1.165, 1.54) is 0 Å². The average Bonchev–Trinajstić information content (AvgIpc) is 2.46. The molecule has 0 aliphatic heterocycles. The average molecular weight is 266 g/mol. The Morgan fingerprint density at radius 3 is 2.05 bits per heavy atom. The molecule has 0 spiro atoms. The number of esters is 1. The molecule has 2 rings (SSSR count). The number of carbonyl (C=O) groups excluding carboxylic acids is 1. The van der Waals surface area contributed by atoms with Crippen molar-refractivity contribution < 1.29 is 9.53 Å². The van der Waals surface area contributed by atoms with Crippen LogP contribution in [0.2, 0.25) is 0 Å². The second kappa shape index (κ2) is 6.71. The van der Waals surface area contributed by atoms with Crippen LogP contribution in [0.15, 0.2) is 66.2 Å². The third-order valence-electron chi connectivity index (χ3n) is 2.93. The first-order valence-corrected chi connectivity index (χ1v) is 6.70. The van der Waals surface area contributed by atoms with Crippen molar-refractivity contribution in [2.45, 2.75) is 13.8 Å². The van der Waals surface area contributed by atoms with Gasteiger partial charge in [0.15, 0.2) is 0 Å². The number of ether oxygens (including phenoxy) is 1. The minimum atomic E-state index is -0.296. The van der Waals surface area contributed by atoms with E-state index in [1.54, 1.807) is 12.1 Å². The second-order valence-electron chi connectivity index (χ2n) is 4.87. The van der Waals surface area contributed by atoms with E-state index in [-0.39, 0.29) is 11.9 Å². The second-order valence-corrected chi connectivity index (χ2v) is 4.87. The maximum Gasteiger partial charge on any atom is 0.339 e. The van der Waals surface area contributed by atoms with Crippen LogP contribution in [0.5, 0.6) is 5.75 Å². The highest BCUT2D eigenvalue weighted by atomic mass is 16.5. The standard InChI is InChI=1S/C18H18O2/c1-14(2)17(13-15-9-5-3-6-10-15)18(19)20-16-11-7-4-8-12-16/h3-14H,1-2H3. The zero-order valence-corrected chi connectivity index (χ0v) is 11.7. The summed E-state index contributed by atoms with van der Waals surface area (Å²) < 4.78 is 5.40. The first kappa shape index (κ1) is 14.1. The Morgan fingerprint density at radius 1 is 0.950 bits per heavy atom. The molecule has 0 unspecified atom stereocenters. The molecule has 102 valence electrons. The molecule has 2 aromatic carbocycles. The summed E-state index contributed by atoms with van der Waals surface area (Å²) in [5.41, 5.74) is 1.67. The lowest BCUT2D eigenvalue weighted by atomic mass is 10.0. The lowest BCUT2D eigenvalue weighted by molar-refractivity contribution is -0.130. The Bertz CT molecular complexity index is 583. The Morgan fingerprint density at radius 2 is 1.50 bits per heavy atom. The van der Waals surface area contributed by atoms with Crippen LogP contribution >= 0.6 is 0 Å². The zero-order valence-electron chi connectivity index (χ0n) is 11.7. The molecule has 0 aromatic heterocycles. The monoisotopic (exact) mass is 266 g/mol. The van der Waals surface area contributed by atoms with E-state index in [2.05, 4.69) is 0 Å². The largest absolute Gasteiger partial charge is 0.423 e. The van der Waals surface area contributed by atoms with Crippen LogP contribution in [0.25, 0.3) is 6.08 Å². The van der Waals surface area contributed by atoms with Crippen LogP contribution in [0.1, 0.15) is 19.4 Å². The summed E-state index contributed by atoms with van der Waals surface area (Å²) in [4.78, 5) is 12.3. The van der Waals surface area contributed by atoms with E-state index < -0.39 is 0 Å². The molecule has 0 amide bonds. The predicted octanol–water partition coefficient (Wildman–Crippen LogP) is 4.33. The highest BCUT2D eigenvalue weighted by Gasteiger charge is 2.15. The van der Waals surface area contributed by atoms with E-state index in [4.69, 9.17) is 4.74 Å². The van der Waals surface area contributed by atoms with E-state index in [1.807, 2.05) is 68.5 Å². The van der Waals surface area contributed by atoms with Crippen molar-refractivity contribution in [1.82, 2.24) is 0 Å². The zero-order chi connectivity index (χ0) is 14.4. The van der Waals surface area contributed by atoms with Gasteiger partial charge in [0, 0.05) is 5.57 Å². The third-order valence-corrected chi connectivity index (χ3v) is 2.93. The lowest BCUT2D eigenvalue weighted by Gasteiger charge is -2.11. The number of carbonyl (C=O) groups is 1. The van der Waals surface area contributed by atoms with E-state index in [0.29, 0.717) is 11.3 Å². The first-order valence-electron chi connectivity index (χ1n) is 6.70. The summed E-state index contributed by atoms with van der Waals surface area (Å²) in [7, 11) is 0. The Hall–Kier alpha value is -2.35. The fourth-order valence-corrected chi connectivity index (χ4v) is 1.84. The van der Waals surface area contributed by atoms with Gasteiger partial charge >= 0.3 is 5.97 Å². The predicted molar refractivity (Wildman–Crippen MR) is 81.3 cm³/mol. The molecule has 2 aromatic rings. The molecule has 0 saturated heterocycles. The summed E-state index contributed by atoms with van der Waals surface area (Å²) in [6, 6.07) is 18.9. The van der Waals surface area contributed by atoms with Crippen molar-refractivity contribution in [3.8, 4) is 5.75 Å². The van der Waals surface area contributed by atoms with Crippen LogP contribution in [0.4, 0.5) is 0 Å². The van der Waals surface area contributed by atoms with Crippen molar-refractivity contribution in [1.29, 1.82) is 0 Å². The Labute approximate surface area is 119 Å². The van der Waals surface area contributed by atoms with Gasteiger partial charge in [0.1, 0.15) is 5.75 Å². The van der Waals surface area contributed by atoms with Gasteiger partial charge in [-0.05, 0) is 29.7 Å². The van der Waals surface area contributed by atoms with Gasteiger partial charge in [-0.3, -0.25) is 0 Å². The van der Waals surface area contributed by atoms with Crippen LogP contribution in [0.3, 0.4) is 0 Å². The van der Waals surface area contributed by atoms with Gasteiger partial charge in [-0.15, -0.1) is 0 Å². The SMILES string of the molecule is CC(C)C(=Cc1ccccc1)C(=O)Oc1ccccc1. The highest BCUT2D eigenvalue weighted by Crippen LogP contribution is 2.18. The molecule has 20 heavy (non-hydrogen) atoms. The van der Waals surface area contributed by atoms with Gasteiger partial charge in [0.05, 0.1) is 0 Å². The van der Waals surface area contributed by atoms with Gasteiger partial charge in [0.25, 0.3) is 0 Å². The maximum atomic E-state index is 12.3. The van der Waals surface area contributed by atoms with Crippen LogP contribution in [-0.2, 0) is 4.79 Å². The minimum absolute atomic E-state index is 0.103. The highest BCUT2D eigenvalue weighted by molar-refractivity contribution is 5.95. The van der Waals surface area contributed by atoms with Crippen LogP contribution in [-0.4, -0.2) is 5.97 Å². The van der Waals surface area contributed by atoms with Gasteiger partial charge in [-0.25, -0.2) is 4.79 Å². The number of hydrogen-bond acceptors (Lipinski definition) is 2. The molecular weight excluding hydrogens is 248 g/mol. The Kier molecular flexibility index (Phi) is 4.72. The smallest absolute Gasteiger partial charge is 0.339 e. The molecule has 0 saturated carbocycles. The third kappa shape index (κ3) is 3.82. The molecule has 0 radical (unpaired) electrons. The quantitative estimate of drug-likeness (QED) is 0.467. The number of rotatable bonds is 4. The molecule has 0 aliphatic carbocycles. The number of hydrogen-bond donors (Lipinski definition) is 0. The normalized spacial score (nSPS) is 11.4. The summed E-state index contributed by atoms with van der Waals surface area (Å²) >= 11 is 0. The fourth-order valence-electron chi connectivity index (χ4n) is 1.84. The number of benzene rings is 2. The topological polar surface area (TPSA) is 26.3 Å².